The highest BCUT2D eigenvalue weighted by molar-refractivity contribution is 5.90. The maximum absolute atomic E-state index is 15.1. The van der Waals surface area contributed by atoms with Crippen molar-refractivity contribution < 1.29 is 13.9 Å². The van der Waals surface area contributed by atoms with Gasteiger partial charge in [-0.15, -0.1) is 0 Å². The van der Waals surface area contributed by atoms with Crippen molar-refractivity contribution in [3.8, 4) is 17.2 Å². The molecule has 0 unspecified atom stereocenters. The van der Waals surface area contributed by atoms with Gasteiger partial charge in [0.05, 0.1) is 17.0 Å². The lowest BCUT2D eigenvalue weighted by atomic mass is 9.71. The molecule has 0 N–H and O–H groups in total. The van der Waals surface area contributed by atoms with Gasteiger partial charge in [0.15, 0.2) is 0 Å². The lowest BCUT2D eigenvalue weighted by Gasteiger charge is -2.34. The number of rotatable bonds is 18. The number of benzene rings is 2. The number of aryl methyl sites for hydroxylation is 1. The summed E-state index contributed by atoms with van der Waals surface area (Å²) in [6, 6.07) is 15.4. The van der Waals surface area contributed by atoms with E-state index in [0.717, 1.165) is 37.7 Å². The molecule has 0 aliphatic heterocycles. The molecule has 0 saturated heterocycles. The van der Waals surface area contributed by atoms with Crippen LogP contribution in [0.25, 0.3) is 11.1 Å². The van der Waals surface area contributed by atoms with Gasteiger partial charge >= 0.3 is 5.97 Å². The number of unbranched alkanes of at least 4 members (excludes halogenated alkanes) is 11. The van der Waals surface area contributed by atoms with E-state index < -0.39 is 11.8 Å². The van der Waals surface area contributed by atoms with Crippen molar-refractivity contribution in [3.63, 3.8) is 0 Å². The average molecular weight is 562 g/mol. The van der Waals surface area contributed by atoms with Gasteiger partial charge in [0.25, 0.3) is 0 Å². The molecule has 1 aliphatic rings. The van der Waals surface area contributed by atoms with Crippen LogP contribution in [0.3, 0.4) is 0 Å². The molecule has 1 fully saturated rings. The fourth-order valence-electron chi connectivity index (χ4n) is 6.16. The normalized spacial score (nSPS) is 18.6. The lowest BCUT2D eigenvalue weighted by Crippen LogP contribution is -2.31. The van der Waals surface area contributed by atoms with Crippen LogP contribution in [-0.2, 0) is 11.2 Å². The zero-order chi connectivity index (χ0) is 29.3. The van der Waals surface area contributed by atoms with Gasteiger partial charge in [-0.3, -0.25) is 0 Å². The Hall–Kier alpha value is -2.67. The molecule has 0 spiro atoms. The number of carbonyl (C=O) groups excluding carboxylic acids is 1. The van der Waals surface area contributed by atoms with Crippen LogP contribution in [0.4, 0.5) is 4.39 Å². The minimum atomic E-state index is -0.481. The second-order valence-corrected chi connectivity index (χ2v) is 12.3. The molecule has 2 aromatic rings. The van der Waals surface area contributed by atoms with Crippen LogP contribution in [0.5, 0.6) is 0 Å². The van der Waals surface area contributed by atoms with Crippen molar-refractivity contribution in [2.45, 2.75) is 142 Å². The van der Waals surface area contributed by atoms with Crippen LogP contribution in [0.1, 0.15) is 145 Å². The van der Waals surface area contributed by atoms with Crippen LogP contribution >= 0.6 is 0 Å². The number of halogens is 1. The van der Waals surface area contributed by atoms with Crippen LogP contribution in [0.2, 0.25) is 0 Å². The van der Waals surface area contributed by atoms with Gasteiger partial charge in [-0.2, -0.15) is 5.26 Å². The molecule has 0 bridgehead atoms. The zero-order valence-corrected chi connectivity index (χ0v) is 25.7. The third-order valence-corrected chi connectivity index (χ3v) is 8.95. The molecule has 2 aromatic carbocycles. The first kappa shape index (κ1) is 32.8. The fourth-order valence-corrected chi connectivity index (χ4v) is 6.16. The van der Waals surface area contributed by atoms with E-state index in [1.54, 1.807) is 12.1 Å². The highest BCUT2D eigenvalue weighted by atomic mass is 19.1. The van der Waals surface area contributed by atoms with E-state index >= 15 is 4.39 Å². The van der Waals surface area contributed by atoms with Gasteiger partial charge < -0.3 is 4.74 Å². The summed E-state index contributed by atoms with van der Waals surface area (Å²) in [4.78, 5) is 12.8. The van der Waals surface area contributed by atoms with Gasteiger partial charge in [0, 0.05) is 5.56 Å². The molecule has 0 radical (unpaired) electrons. The van der Waals surface area contributed by atoms with Gasteiger partial charge in [-0.05, 0) is 68.2 Å². The largest absolute Gasteiger partial charge is 0.459 e. The molecule has 1 aliphatic carbocycles. The summed E-state index contributed by atoms with van der Waals surface area (Å²) >= 11 is 0. The van der Waals surface area contributed by atoms with E-state index in [4.69, 9.17) is 4.74 Å². The topological polar surface area (TPSA) is 50.1 Å². The van der Waals surface area contributed by atoms with Crippen molar-refractivity contribution in [2.24, 2.45) is 5.41 Å². The van der Waals surface area contributed by atoms with Crippen LogP contribution in [-0.4, -0.2) is 12.1 Å². The summed E-state index contributed by atoms with van der Waals surface area (Å²) in [5.41, 5.74) is 2.55. The van der Waals surface area contributed by atoms with E-state index in [1.165, 1.54) is 88.7 Å². The molecular formula is C37H52FNO2. The summed E-state index contributed by atoms with van der Waals surface area (Å²) < 4.78 is 20.8. The van der Waals surface area contributed by atoms with Crippen LogP contribution in [0, 0.1) is 22.6 Å². The van der Waals surface area contributed by atoms with Crippen molar-refractivity contribution in [3.05, 3.63) is 59.4 Å². The smallest absolute Gasteiger partial charge is 0.338 e. The standard InChI is InChI=1S/C37H52FNO2/c1-3-5-7-9-10-11-12-14-16-30-17-19-31(20-18-30)34-22-21-32(28-35(34)38)36(40)41-33-23-26-37(29-39,27-24-33)25-15-13-8-6-4-2/h17-22,28,33H,3-16,23-27H2,1-2H3. The summed E-state index contributed by atoms with van der Waals surface area (Å²) in [5.74, 6) is -0.893. The van der Waals surface area contributed by atoms with Crippen molar-refractivity contribution >= 4 is 5.97 Å². The molecule has 224 valence electrons. The minimum absolute atomic E-state index is 0.208. The minimum Gasteiger partial charge on any atom is -0.459 e. The number of nitriles is 1. The average Bonchev–Trinajstić information content (AvgIpc) is 2.99. The van der Waals surface area contributed by atoms with E-state index in [0.29, 0.717) is 18.4 Å². The lowest BCUT2D eigenvalue weighted by molar-refractivity contribution is 0.0104. The Balaban J connectivity index is 1.44. The molecule has 3 nitrogen and oxygen atoms in total. The number of hydrogen-bond donors (Lipinski definition) is 0. The molecule has 41 heavy (non-hydrogen) atoms. The Morgan fingerprint density at radius 2 is 1.44 bits per heavy atom. The van der Waals surface area contributed by atoms with Crippen LogP contribution in [0.15, 0.2) is 42.5 Å². The number of nitrogens with zero attached hydrogens (tertiary/aromatic N) is 1. The number of hydrogen-bond acceptors (Lipinski definition) is 3. The maximum atomic E-state index is 15.1. The van der Waals surface area contributed by atoms with Gasteiger partial charge in [-0.25, -0.2) is 9.18 Å². The molecule has 0 atom stereocenters. The third kappa shape index (κ3) is 10.9. The molecule has 1 saturated carbocycles. The Labute approximate surface area is 248 Å². The first-order valence-electron chi connectivity index (χ1n) is 16.5. The monoisotopic (exact) mass is 561 g/mol. The Morgan fingerprint density at radius 1 is 0.854 bits per heavy atom. The predicted molar refractivity (Wildman–Crippen MR) is 167 cm³/mol. The fraction of sp³-hybridized carbons (Fsp3) is 0.622. The SMILES string of the molecule is CCCCCCCCCCc1ccc(-c2ccc(C(=O)OC3CCC(C#N)(CCCCCCC)CC3)cc2F)cc1. The summed E-state index contributed by atoms with van der Waals surface area (Å²) in [5, 5.41) is 9.84. The van der Waals surface area contributed by atoms with Crippen molar-refractivity contribution in [1.82, 2.24) is 0 Å². The summed E-state index contributed by atoms with van der Waals surface area (Å²) in [6.45, 7) is 4.46. The van der Waals surface area contributed by atoms with E-state index in [9.17, 15) is 10.1 Å². The second kappa shape index (κ2) is 18.0. The van der Waals surface area contributed by atoms with Crippen molar-refractivity contribution in [2.75, 3.05) is 0 Å². The molecular weight excluding hydrogens is 509 g/mol. The third-order valence-electron chi connectivity index (χ3n) is 8.95. The Morgan fingerprint density at radius 3 is 2.02 bits per heavy atom. The van der Waals surface area contributed by atoms with Gasteiger partial charge in [0.2, 0.25) is 0 Å². The summed E-state index contributed by atoms with van der Waals surface area (Å²) in [6.07, 6.45) is 21.1. The van der Waals surface area contributed by atoms with Gasteiger partial charge in [0.1, 0.15) is 11.9 Å². The Kier molecular flexibility index (Phi) is 14.4. The number of esters is 1. The zero-order valence-electron chi connectivity index (χ0n) is 25.7. The number of ether oxygens (including phenoxy) is 1. The van der Waals surface area contributed by atoms with Gasteiger partial charge in [-0.1, -0.05) is 121 Å². The van der Waals surface area contributed by atoms with Crippen molar-refractivity contribution in [1.29, 1.82) is 5.26 Å². The first-order valence-corrected chi connectivity index (χ1v) is 16.5. The van der Waals surface area contributed by atoms with E-state index in [-0.39, 0.29) is 17.1 Å². The highest BCUT2D eigenvalue weighted by Crippen LogP contribution is 2.41. The molecule has 0 aromatic heterocycles. The maximum Gasteiger partial charge on any atom is 0.338 e. The molecule has 0 amide bonds. The van der Waals surface area contributed by atoms with E-state index in [1.807, 2.05) is 12.1 Å². The van der Waals surface area contributed by atoms with E-state index in [2.05, 4.69) is 32.0 Å². The quantitative estimate of drug-likeness (QED) is 0.134. The molecule has 0 heterocycles. The molecule has 3 rings (SSSR count). The van der Waals surface area contributed by atoms with Crippen LogP contribution < -0.4 is 0 Å². The first-order chi connectivity index (χ1) is 20.0. The predicted octanol–water partition coefficient (Wildman–Crippen LogP) is 11.1. The highest BCUT2D eigenvalue weighted by Gasteiger charge is 2.36. The Bertz CT molecular complexity index is 1080. The summed E-state index contributed by atoms with van der Waals surface area (Å²) in [7, 11) is 0. The second-order valence-electron chi connectivity index (χ2n) is 12.3. The molecule has 4 heteroatoms. The number of carbonyl (C=O) groups is 1.